The van der Waals surface area contributed by atoms with Crippen molar-refractivity contribution in [3.8, 4) is 5.75 Å². The van der Waals surface area contributed by atoms with Crippen LogP contribution in [0, 0.1) is 11.6 Å². The molecule has 2 atom stereocenters. The fourth-order valence-electron chi connectivity index (χ4n) is 2.37. The van der Waals surface area contributed by atoms with Crippen molar-refractivity contribution in [1.29, 1.82) is 0 Å². The van der Waals surface area contributed by atoms with Crippen LogP contribution in [-0.4, -0.2) is 18.8 Å². The second-order valence-electron chi connectivity index (χ2n) is 4.70. The normalized spacial score (nSPS) is 13.8. The van der Waals surface area contributed by atoms with Crippen molar-refractivity contribution in [1.82, 2.24) is 0 Å². The predicted octanol–water partition coefficient (Wildman–Crippen LogP) is 2.75. The SMILES string of the molecule is COc1cccc(F)c1C(O)C(CN)c1cccc(F)c1. The molecule has 21 heavy (non-hydrogen) atoms. The second kappa shape index (κ2) is 6.65. The highest BCUT2D eigenvalue weighted by atomic mass is 19.1. The molecule has 2 unspecified atom stereocenters. The molecular formula is C16H17F2NO2. The van der Waals surface area contributed by atoms with Crippen LogP contribution in [0.15, 0.2) is 42.5 Å². The molecule has 0 aliphatic carbocycles. The Balaban J connectivity index is 2.44. The van der Waals surface area contributed by atoms with Gasteiger partial charge in [0.2, 0.25) is 0 Å². The monoisotopic (exact) mass is 293 g/mol. The maximum atomic E-state index is 14.0. The summed E-state index contributed by atoms with van der Waals surface area (Å²) in [4.78, 5) is 0. The molecule has 5 heteroatoms. The molecule has 0 saturated heterocycles. The van der Waals surface area contributed by atoms with E-state index in [9.17, 15) is 13.9 Å². The van der Waals surface area contributed by atoms with Gasteiger partial charge in [0.05, 0.1) is 18.8 Å². The van der Waals surface area contributed by atoms with E-state index in [1.54, 1.807) is 12.1 Å². The van der Waals surface area contributed by atoms with Crippen molar-refractivity contribution in [2.24, 2.45) is 5.73 Å². The van der Waals surface area contributed by atoms with Gasteiger partial charge >= 0.3 is 0 Å². The second-order valence-corrected chi connectivity index (χ2v) is 4.70. The first kappa shape index (κ1) is 15.4. The topological polar surface area (TPSA) is 55.5 Å². The van der Waals surface area contributed by atoms with Gasteiger partial charge in [0, 0.05) is 12.5 Å². The molecule has 0 radical (unpaired) electrons. The number of rotatable bonds is 5. The molecule has 0 aromatic heterocycles. The van der Waals surface area contributed by atoms with Gasteiger partial charge in [-0.2, -0.15) is 0 Å². The minimum Gasteiger partial charge on any atom is -0.496 e. The van der Waals surface area contributed by atoms with Gasteiger partial charge in [-0.3, -0.25) is 0 Å². The molecule has 0 spiro atoms. The Kier molecular flexibility index (Phi) is 4.88. The first-order valence-corrected chi connectivity index (χ1v) is 6.54. The summed E-state index contributed by atoms with van der Waals surface area (Å²) in [7, 11) is 1.39. The average Bonchev–Trinajstić information content (AvgIpc) is 2.47. The van der Waals surface area contributed by atoms with E-state index in [1.807, 2.05) is 0 Å². The summed E-state index contributed by atoms with van der Waals surface area (Å²) in [5.74, 6) is -1.42. The Bertz CT molecular complexity index is 619. The van der Waals surface area contributed by atoms with E-state index in [0.717, 1.165) is 0 Å². The first-order chi connectivity index (χ1) is 10.1. The lowest BCUT2D eigenvalue weighted by Crippen LogP contribution is -2.21. The lowest BCUT2D eigenvalue weighted by Gasteiger charge is -2.24. The van der Waals surface area contributed by atoms with Crippen LogP contribution < -0.4 is 10.5 Å². The third-order valence-electron chi connectivity index (χ3n) is 3.44. The largest absolute Gasteiger partial charge is 0.496 e. The van der Waals surface area contributed by atoms with Crippen LogP contribution in [0.5, 0.6) is 5.75 Å². The van der Waals surface area contributed by atoms with E-state index < -0.39 is 23.7 Å². The summed E-state index contributed by atoms with van der Waals surface area (Å²) in [5.41, 5.74) is 6.23. The quantitative estimate of drug-likeness (QED) is 0.891. The Hall–Kier alpha value is -1.98. The van der Waals surface area contributed by atoms with E-state index in [1.165, 1.54) is 37.4 Å². The zero-order chi connectivity index (χ0) is 15.4. The van der Waals surface area contributed by atoms with Crippen LogP contribution in [-0.2, 0) is 0 Å². The lowest BCUT2D eigenvalue weighted by atomic mass is 9.88. The van der Waals surface area contributed by atoms with E-state index >= 15 is 0 Å². The van der Waals surface area contributed by atoms with Crippen LogP contribution in [0.25, 0.3) is 0 Å². The highest BCUT2D eigenvalue weighted by molar-refractivity contribution is 5.39. The van der Waals surface area contributed by atoms with E-state index in [2.05, 4.69) is 0 Å². The van der Waals surface area contributed by atoms with Crippen LogP contribution >= 0.6 is 0 Å². The van der Waals surface area contributed by atoms with Crippen molar-refractivity contribution in [3.05, 3.63) is 65.2 Å². The maximum absolute atomic E-state index is 14.0. The number of benzene rings is 2. The third kappa shape index (κ3) is 3.20. The zero-order valence-electron chi connectivity index (χ0n) is 11.6. The van der Waals surface area contributed by atoms with Gasteiger partial charge in [0.15, 0.2) is 0 Å². The molecule has 0 saturated carbocycles. The highest BCUT2D eigenvalue weighted by Gasteiger charge is 2.27. The molecular weight excluding hydrogens is 276 g/mol. The number of aliphatic hydroxyl groups is 1. The zero-order valence-corrected chi connectivity index (χ0v) is 11.6. The highest BCUT2D eigenvalue weighted by Crippen LogP contribution is 2.36. The molecule has 0 heterocycles. The summed E-state index contributed by atoms with van der Waals surface area (Å²) in [5, 5.41) is 10.5. The molecule has 0 fully saturated rings. The Labute approximate surface area is 122 Å². The number of halogens is 2. The van der Waals surface area contributed by atoms with E-state index in [0.29, 0.717) is 5.56 Å². The first-order valence-electron chi connectivity index (χ1n) is 6.54. The number of ether oxygens (including phenoxy) is 1. The Morgan fingerprint density at radius 1 is 1.19 bits per heavy atom. The Morgan fingerprint density at radius 3 is 2.52 bits per heavy atom. The summed E-state index contributed by atoms with van der Waals surface area (Å²) >= 11 is 0. The minimum atomic E-state index is -1.23. The third-order valence-corrected chi connectivity index (χ3v) is 3.44. The van der Waals surface area contributed by atoms with E-state index in [-0.39, 0.29) is 17.9 Å². The smallest absolute Gasteiger partial charge is 0.132 e. The van der Waals surface area contributed by atoms with Gasteiger partial charge < -0.3 is 15.6 Å². The number of methoxy groups -OCH3 is 1. The minimum absolute atomic E-state index is 0.0275. The van der Waals surface area contributed by atoms with Crippen LogP contribution in [0.2, 0.25) is 0 Å². The van der Waals surface area contributed by atoms with Gasteiger partial charge in [-0.15, -0.1) is 0 Å². The van der Waals surface area contributed by atoms with Gasteiger partial charge in [-0.1, -0.05) is 18.2 Å². The molecule has 2 aromatic carbocycles. The number of nitrogens with two attached hydrogens (primary N) is 1. The van der Waals surface area contributed by atoms with Crippen LogP contribution in [0.3, 0.4) is 0 Å². The van der Waals surface area contributed by atoms with Gasteiger partial charge in [-0.05, 0) is 29.8 Å². The molecule has 112 valence electrons. The fourth-order valence-corrected chi connectivity index (χ4v) is 2.37. The van der Waals surface area contributed by atoms with Gasteiger partial charge in [-0.25, -0.2) is 8.78 Å². The molecule has 0 aliphatic heterocycles. The molecule has 0 aliphatic rings. The molecule has 2 aromatic rings. The van der Waals surface area contributed by atoms with Crippen molar-refractivity contribution < 1.29 is 18.6 Å². The number of hydrogen-bond acceptors (Lipinski definition) is 3. The van der Waals surface area contributed by atoms with Crippen LogP contribution in [0.4, 0.5) is 8.78 Å². The van der Waals surface area contributed by atoms with E-state index in [4.69, 9.17) is 10.5 Å². The van der Waals surface area contributed by atoms with Crippen molar-refractivity contribution in [3.63, 3.8) is 0 Å². The summed E-state index contributed by atoms with van der Waals surface area (Å²) in [6.45, 7) is 0.0438. The maximum Gasteiger partial charge on any atom is 0.132 e. The molecule has 0 amide bonds. The molecule has 3 nitrogen and oxygen atoms in total. The van der Waals surface area contributed by atoms with Gasteiger partial charge in [0.25, 0.3) is 0 Å². The van der Waals surface area contributed by atoms with Crippen LogP contribution in [0.1, 0.15) is 23.1 Å². The average molecular weight is 293 g/mol. The predicted molar refractivity (Wildman–Crippen MR) is 76.1 cm³/mol. The summed E-state index contributed by atoms with van der Waals surface area (Å²) in [6.07, 6.45) is -1.23. The molecule has 2 rings (SSSR count). The van der Waals surface area contributed by atoms with Crippen molar-refractivity contribution in [2.45, 2.75) is 12.0 Å². The Morgan fingerprint density at radius 2 is 1.90 bits per heavy atom. The fraction of sp³-hybridized carbons (Fsp3) is 0.250. The number of hydrogen-bond donors (Lipinski definition) is 2. The lowest BCUT2D eigenvalue weighted by molar-refractivity contribution is 0.139. The van der Waals surface area contributed by atoms with Crippen molar-refractivity contribution in [2.75, 3.05) is 13.7 Å². The summed E-state index contributed by atoms with van der Waals surface area (Å²) < 4.78 is 32.4. The van der Waals surface area contributed by atoms with Gasteiger partial charge in [0.1, 0.15) is 17.4 Å². The number of aliphatic hydroxyl groups excluding tert-OH is 1. The van der Waals surface area contributed by atoms with Crippen molar-refractivity contribution >= 4 is 0 Å². The molecule has 3 N–H and O–H groups in total. The standard InChI is InChI=1S/C16H17F2NO2/c1-21-14-7-3-6-13(18)15(14)16(20)12(9-19)10-4-2-5-11(17)8-10/h2-8,12,16,20H,9,19H2,1H3. The molecule has 0 bridgehead atoms. The summed E-state index contributed by atoms with van der Waals surface area (Å²) in [6, 6.07) is 10.0.